The van der Waals surface area contributed by atoms with Gasteiger partial charge >= 0.3 is 0 Å². The first-order chi connectivity index (χ1) is 18.5. The molecule has 2 aromatic carbocycles. The number of hydrogen-bond acceptors (Lipinski definition) is 1. The van der Waals surface area contributed by atoms with Gasteiger partial charge in [0.05, 0.1) is 6.61 Å². The van der Waals surface area contributed by atoms with Gasteiger partial charge in [-0.25, -0.2) is 8.78 Å². The summed E-state index contributed by atoms with van der Waals surface area (Å²) in [5.74, 6) is -0.580. The van der Waals surface area contributed by atoms with Gasteiger partial charge < -0.3 is 4.74 Å². The van der Waals surface area contributed by atoms with Gasteiger partial charge in [0.15, 0.2) is 11.6 Å². The predicted octanol–water partition coefficient (Wildman–Crippen LogP) is 10.7. The van der Waals surface area contributed by atoms with Crippen LogP contribution in [0.5, 0.6) is 5.75 Å². The zero-order valence-electron chi connectivity index (χ0n) is 23.1. The second-order valence-corrected chi connectivity index (χ2v) is 11.1. The normalized spacial score (nSPS) is 22.0. The molecule has 206 valence electrons. The minimum absolute atomic E-state index is 0.0191. The van der Waals surface area contributed by atoms with E-state index in [1.165, 1.54) is 25.3 Å². The van der Waals surface area contributed by atoms with Crippen molar-refractivity contribution in [1.29, 1.82) is 0 Å². The van der Waals surface area contributed by atoms with Gasteiger partial charge in [-0.3, -0.25) is 0 Å². The van der Waals surface area contributed by atoms with Crippen molar-refractivity contribution in [3.8, 4) is 5.75 Å². The summed E-state index contributed by atoms with van der Waals surface area (Å²) >= 11 is 0. The molecule has 0 heterocycles. The number of rotatable bonds is 11. The Morgan fingerprint density at radius 1 is 0.921 bits per heavy atom. The number of ether oxygens (including phenoxy) is 1. The standard InChI is InChI=1S/C34H43F3O/c1-3-5-7-9-24-10-12-26(13-11-24)29-19-18-28(23-31(29)35)25-14-16-27(17-15-25)30-20-21-32(34(37)33(30)36)38-22-8-6-4-2/h3,5,16,18-21,23-26H,4,6-15,17,22H2,1-2H3. The van der Waals surface area contributed by atoms with Crippen LogP contribution < -0.4 is 4.74 Å². The molecule has 2 aliphatic rings. The third-order valence-electron chi connectivity index (χ3n) is 8.57. The van der Waals surface area contributed by atoms with Crippen LogP contribution >= 0.6 is 0 Å². The molecular formula is C34H43F3O. The molecule has 0 N–H and O–H groups in total. The summed E-state index contributed by atoms with van der Waals surface area (Å²) in [7, 11) is 0. The van der Waals surface area contributed by atoms with Crippen LogP contribution in [0.1, 0.15) is 119 Å². The topological polar surface area (TPSA) is 9.23 Å². The van der Waals surface area contributed by atoms with Gasteiger partial charge in [0, 0.05) is 5.56 Å². The maximum atomic E-state index is 15.2. The second kappa shape index (κ2) is 14.1. The van der Waals surface area contributed by atoms with Crippen molar-refractivity contribution in [2.75, 3.05) is 6.61 Å². The van der Waals surface area contributed by atoms with E-state index in [1.807, 2.05) is 12.1 Å². The minimum atomic E-state index is -0.911. The first-order valence-corrected chi connectivity index (χ1v) is 14.7. The smallest absolute Gasteiger partial charge is 0.201 e. The lowest BCUT2D eigenvalue weighted by Gasteiger charge is -2.29. The van der Waals surface area contributed by atoms with E-state index < -0.39 is 11.6 Å². The van der Waals surface area contributed by atoms with Crippen LogP contribution in [0, 0.1) is 23.4 Å². The molecule has 0 bridgehead atoms. The van der Waals surface area contributed by atoms with Gasteiger partial charge in [-0.15, -0.1) is 0 Å². The van der Waals surface area contributed by atoms with Crippen LogP contribution in [0.4, 0.5) is 13.2 Å². The van der Waals surface area contributed by atoms with Crippen LogP contribution in [0.3, 0.4) is 0 Å². The Bertz CT molecular complexity index is 1110. The van der Waals surface area contributed by atoms with Crippen LogP contribution in [0.2, 0.25) is 0 Å². The Labute approximate surface area is 227 Å². The van der Waals surface area contributed by atoms with Crippen molar-refractivity contribution in [2.24, 2.45) is 5.92 Å². The Balaban J connectivity index is 1.35. The maximum Gasteiger partial charge on any atom is 0.201 e. The number of hydrogen-bond donors (Lipinski definition) is 0. The Morgan fingerprint density at radius 2 is 1.74 bits per heavy atom. The monoisotopic (exact) mass is 524 g/mol. The molecule has 0 saturated heterocycles. The molecule has 2 aromatic rings. The van der Waals surface area contributed by atoms with Crippen LogP contribution in [0.25, 0.3) is 5.57 Å². The molecule has 0 amide bonds. The fraction of sp³-hybridized carbons (Fsp3) is 0.529. The second-order valence-electron chi connectivity index (χ2n) is 11.1. The minimum Gasteiger partial charge on any atom is -0.490 e. The lowest BCUT2D eigenvalue weighted by molar-refractivity contribution is 0.286. The van der Waals surface area contributed by atoms with Gasteiger partial charge in [-0.05, 0) is 124 Å². The van der Waals surface area contributed by atoms with Crippen molar-refractivity contribution in [3.63, 3.8) is 0 Å². The fourth-order valence-electron chi connectivity index (χ4n) is 6.20. The SMILES string of the molecule is CC=CCCC1CCC(c2ccc(C3CC=C(c4ccc(OCCCCC)c(F)c4F)CC3)cc2F)CC1. The Kier molecular flexibility index (Phi) is 10.5. The highest BCUT2D eigenvalue weighted by atomic mass is 19.2. The third-order valence-corrected chi connectivity index (χ3v) is 8.57. The van der Waals surface area contributed by atoms with E-state index in [2.05, 4.69) is 32.1 Å². The number of benzene rings is 2. The van der Waals surface area contributed by atoms with E-state index in [-0.39, 0.29) is 17.5 Å². The third kappa shape index (κ3) is 7.12. The molecule has 1 unspecified atom stereocenters. The molecule has 1 fully saturated rings. The lowest BCUT2D eigenvalue weighted by Crippen LogP contribution is -2.14. The zero-order chi connectivity index (χ0) is 26.9. The largest absolute Gasteiger partial charge is 0.490 e. The highest BCUT2D eigenvalue weighted by molar-refractivity contribution is 5.68. The number of allylic oxidation sites excluding steroid dienone is 4. The molecule has 0 spiro atoms. The molecule has 1 atom stereocenters. The van der Waals surface area contributed by atoms with Gasteiger partial charge in [0.25, 0.3) is 0 Å². The van der Waals surface area contributed by atoms with Gasteiger partial charge in [-0.2, -0.15) is 4.39 Å². The summed E-state index contributed by atoms with van der Waals surface area (Å²) in [6, 6.07) is 8.98. The molecule has 0 radical (unpaired) electrons. The maximum absolute atomic E-state index is 15.2. The van der Waals surface area contributed by atoms with Crippen molar-refractivity contribution >= 4 is 5.57 Å². The summed E-state index contributed by atoms with van der Waals surface area (Å²) in [5.41, 5.74) is 2.99. The number of halogens is 3. The van der Waals surface area contributed by atoms with E-state index in [4.69, 9.17) is 4.74 Å². The Morgan fingerprint density at radius 3 is 2.42 bits per heavy atom. The Hall–Kier alpha value is -2.49. The molecule has 38 heavy (non-hydrogen) atoms. The fourth-order valence-corrected chi connectivity index (χ4v) is 6.20. The summed E-state index contributed by atoms with van der Waals surface area (Å²) in [5, 5.41) is 0. The van der Waals surface area contributed by atoms with E-state index in [9.17, 15) is 8.78 Å². The van der Waals surface area contributed by atoms with Crippen molar-refractivity contribution in [2.45, 2.75) is 103 Å². The zero-order valence-corrected chi connectivity index (χ0v) is 23.1. The molecule has 4 heteroatoms. The van der Waals surface area contributed by atoms with E-state index in [0.29, 0.717) is 30.9 Å². The van der Waals surface area contributed by atoms with Gasteiger partial charge in [0.1, 0.15) is 5.82 Å². The number of unbranched alkanes of at least 4 members (excludes halogenated alkanes) is 2. The summed E-state index contributed by atoms with van der Waals surface area (Å²) < 4.78 is 50.2. The van der Waals surface area contributed by atoms with Crippen molar-refractivity contribution in [1.82, 2.24) is 0 Å². The molecule has 2 aliphatic carbocycles. The molecule has 1 saturated carbocycles. The van der Waals surface area contributed by atoms with Crippen molar-refractivity contribution in [3.05, 3.63) is 82.7 Å². The molecule has 0 aromatic heterocycles. The highest BCUT2D eigenvalue weighted by Gasteiger charge is 2.26. The van der Waals surface area contributed by atoms with Gasteiger partial charge in [0.2, 0.25) is 5.82 Å². The van der Waals surface area contributed by atoms with Crippen LogP contribution in [-0.4, -0.2) is 6.61 Å². The van der Waals surface area contributed by atoms with E-state index in [0.717, 1.165) is 67.6 Å². The first kappa shape index (κ1) is 28.5. The molecule has 4 rings (SSSR count). The lowest BCUT2D eigenvalue weighted by atomic mass is 9.76. The first-order valence-electron chi connectivity index (χ1n) is 14.7. The summed E-state index contributed by atoms with van der Waals surface area (Å²) in [6.07, 6.45) is 18.2. The molecule has 1 nitrogen and oxygen atoms in total. The molecule has 0 aliphatic heterocycles. The summed E-state index contributed by atoms with van der Waals surface area (Å²) in [4.78, 5) is 0. The van der Waals surface area contributed by atoms with Crippen molar-refractivity contribution < 1.29 is 17.9 Å². The van der Waals surface area contributed by atoms with Crippen LogP contribution in [-0.2, 0) is 0 Å². The molecular weight excluding hydrogens is 481 g/mol. The quantitative estimate of drug-likeness (QED) is 0.210. The predicted molar refractivity (Wildman–Crippen MR) is 151 cm³/mol. The highest BCUT2D eigenvalue weighted by Crippen LogP contribution is 2.41. The average Bonchev–Trinajstić information content (AvgIpc) is 2.94. The van der Waals surface area contributed by atoms with Gasteiger partial charge in [-0.1, -0.05) is 50.1 Å². The van der Waals surface area contributed by atoms with E-state index >= 15 is 4.39 Å². The van der Waals surface area contributed by atoms with E-state index in [1.54, 1.807) is 12.1 Å². The average molecular weight is 525 g/mol. The summed E-state index contributed by atoms with van der Waals surface area (Å²) in [6.45, 7) is 4.54. The van der Waals surface area contributed by atoms with Crippen LogP contribution in [0.15, 0.2) is 48.6 Å².